The van der Waals surface area contributed by atoms with Gasteiger partial charge in [0, 0.05) is 11.9 Å². The van der Waals surface area contributed by atoms with Crippen molar-refractivity contribution in [1.29, 1.82) is 0 Å². The molecule has 1 aliphatic carbocycles. The molecule has 1 fully saturated rings. The van der Waals surface area contributed by atoms with Crippen LogP contribution in [0.15, 0.2) is 28.7 Å². The lowest BCUT2D eigenvalue weighted by atomic mass is 9.86. The Bertz CT molecular complexity index is 1300. The van der Waals surface area contributed by atoms with Crippen LogP contribution in [-0.4, -0.2) is 55.3 Å². The average Bonchev–Trinajstić information content (AvgIpc) is 3.52. The van der Waals surface area contributed by atoms with Crippen LogP contribution in [0.2, 0.25) is 0 Å². The topological polar surface area (TPSA) is 146 Å². The van der Waals surface area contributed by atoms with E-state index in [0.29, 0.717) is 17.8 Å². The van der Waals surface area contributed by atoms with Gasteiger partial charge in [-0.1, -0.05) is 58.2 Å². The van der Waals surface area contributed by atoms with Gasteiger partial charge < -0.3 is 14.9 Å². The molecule has 204 valence electrons. The zero-order valence-corrected chi connectivity index (χ0v) is 22.5. The second kappa shape index (κ2) is 11.4. The molecule has 1 aliphatic rings. The molecular weight excluding hydrogens is 488 g/mol. The lowest BCUT2D eigenvalue weighted by molar-refractivity contribution is -0.133. The number of aromatic nitrogens is 4. The quantitative estimate of drug-likeness (QED) is 0.435. The minimum atomic E-state index is -0.991. The van der Waals surface area contributed by atoms with Gasteiger partial charge in [0.1, 0.15) is 6.54 Å². The van der Waals surface area contributed by atoms with Crippen molar-refractivity contribution < 1.29 is 23.5 Å². The van der Waals surface area contributed by atoms with Gasteiger partial charge >= 0.3 is 11.9 Å². The monoisotopic (exact) mass is 524 g/mol. The number of carbonyl (C=O) groups excluding carboxylic acids is 3. The minimum absolute atomic E-state index is 0.0955. The highest BCUT2D eigenvalue weighted by molar-refractivity contribution is 6.11. The number of esters is 1. The molecule has 2 amide bonds. The van der Waals surface area contributed by atoms with Crippen LogP contribution in [0, 0.1) is 11.3 Å². The standard InChI is InChI=1S/C27H36N6O5/c1-5-37-26(36)23-30-29-20(38-23)16-32(25(35)22(28)27(2,3)4)24(34)21-18-13-9-10-14-19(18)33(31-21)15-17-11-7-6-8-12-17/h9-10,13-14,17,22H,5-8,11-12,15-16,28H2,1-4H3/t22-/m1/s1. The average molecular weight is 525 g/mol. The van der Waals surface area contributed by atoms with Gasteiger partial charge in [0.05, 0.1) is 18.2 Å². The van der Waals surface area contributed by atoms with Crippen molar-refractivity contribution >= 4 is 28.7 Å². The normalized spacial score (nSPS) is 15.4. The Morgan fingerprint density at radius 3 is 2.55 bits per heavy atom. The minimum Gasteiger partial charge on any atom is -0.459 e. The van der Waals surface area contributed by atoms with Crippen LogP contribution < -0.4 is 5.73 Å². The number of benzene rings is 1. The van der Waals surface area contributed by atoms with Crippen molar-refractivity contribution in [2.24, 2.45) is 17.1 Å². The van der Waals surface area contributed by atoms with Crippen LogP contribution in [0.3, 0.4) is 0 Å². The van der Waals surface area contributed by atoms with Gasteiger partial charge in [0.25, 0.3) is 5.91 Å². The maximum atomic E-state index is 14.0. The number of ether oxygens (including phenoxy) is 1. The van der Waals surface area contributed by atoms with Crippen LogP contribution in [0.5, 0.6) is 0 Å². The molecule has 1 atom stereocenters. The highest BCUT2D eigenvalue weighted by atomic mass is 16.5. The predicted molar refractivity (Wildman–Crippen MR) is 139 cm³/mol. The van der Waals surface area contributed by atoms with Crippen LogP contribution >= 0.6 is 0 Å². The van der Waals surface area contributed by atoms with E-state index in [1.54, 1.807) is 6.92 Å². The van der Waals surface area contributed by atoms with Gasteiger partial charge in [-0.3, -0.25) is 19.2 Å². The molecule has 2 heterocycles. The van der Waals surface area contributed by atoms with Gasteiger partial charge in [0.2, 0.25) is 11.8 Å². The molecule has 4 rings (SSSR count). The number of fused-ring (bicyclic) bond motifs is 1. The fourth-order valence-electron chi connectivity index (χ4n) is 4.68. The Labute approximate surface area is 221 Å². The Kier molecular flexibility index (Phi) is 8.25. The van der Waals surface area contributed by atoms with E-state index in [1.165, 1.54) is 19.3 Å². The molecule has 1 aromatic carbocycles. The van der Waals surface area contributed by atoms with Gasteiger partial charge in [-0.15, -0.1) is 10.2 Å². The van der Waals surface area contributed by atoms with Crippen LogP contribution in [0.4, 0.5) is 0 Å². The maximum absolute atomic E-state index is 14.0. The lowest BCUT2D eigenvalue weighted by Gasteiger charge is -2.30. The number of nitrogens with zero attached hydrogens (tertiary/aromatic N) is 5. The summed E-state index contributed by atoms with van der Waals surface area (Å²) in [6.45, 7) is 7.58. The van der Waals surface area contributed by atoms with E-state index < -0.39 is 29.2 Å². The second-order valence-corrected chi connectivity index (χ2v) is 10.8. The Morgan fingerprint density at radius 2 is 1.87 bits per heavy atom. The van der Waals surface area contributed by atoms with E-state index in [2.05, 4.69) is 10.2 Å². The predicted octanol–water partition coefficient (Wildman–Crippen LogP) is 3.72. The fraction of sp³-hybridized carbons (Fsp3) is 0.556. The number of carbonyl (C=O) groups is 3. The van der Waals surface area contributed by atoms with E-state index >= 15 is 0 Å². The number of imide groups is 1. The number of hydrogen-bond acceptors (Lipinski definition) is 9. The largest absolute Gasteiger partial charge is 0.459 e. The first-order valence-corrected chi connectivity index (χ1v) is 13.2. The van der Waals surface area contributed by atoms with E-state index in [-0.39, 0.29) is 30.6 Å². The third-order valence-electron chi connectivity index (χ3n) is 6.94. The lowest BCUT2D eigenvalue weighted by Crippen LogP contribution is -2.52. The van der Waals surface area contributed by atoms with Crippen LogP contribution in [0.25, 0.3) is 10.9 Å². The molecule has 0 radical (unpaired) electrons. The SMILES string of the molecule is CCOC(=O)c1nnc(CN(C(=O)c2nn(CC3CCCCC3)c3ccccc23)C(=O)[C@@H](N)C(C)(C)C)o1. The highest BCUT2D eigenvalue weighted by Gasteiger charge is 2.37. The summed E-state index contributed by atoms with van der Waals surface area (Å²) in [5, 5.41) is 12.9. The molecule has 11 nitrogen and oxygen atoms in total. The van der Waals surface area contributed by atoms with E-state index in [0.717, 1.165) is 23.3 Å². The molecule has 0 aliphatic heterocycles. The number of amides is 2. The van der Waals surface area contributed by atoms with E-state index in [1.807, 2.05) is 49.7 Å². The number of para-hydroxylation sites is 1. The van der Waals surface area contributed by atoms with Crippen molar-refractivity contribution in [2.75, 3.05) is 6.61 Å². The molecule has 1 saturated carbocycles. The Morgan fingerprint density at radius 1 is 1.16 bits per heavy atom. The van der Waals surface area contributed by atoms with Gasteiger partial charge in [-0.05, 0) is 37.2 Å². The Balaban J connectivity index is 1.69. The maximum Gasteiger partial charge on any atom is 0.396 e. The summed E-state index contributed by atoms with van der Waals surface area (Å²) in [4.78, 5) is 40.5. The summed E-state index contributed by atoms with van der Waals surface area (Å²) in [6.07, 6.45) is 5.89. The summed E-state index contributed by atoms with van der Waals surface area (Å²) in [5.41, 5.74) is 6.65. The molecule has 38 heavy (non-hydrogen) atoms. The van der Waals surface area contributed by atoms with Crippen molar-refractivity contribution in [3.8, 4) is 0 Å². The smallest absolute Gasteiger partial charge is 0.396 e. The van der Waals surface area contributed by atoms with Gasteiger partial charge in [-0.25, -0.2) is 4.79 Å². The van der Waals surface area contributed by atoms with Gasteiger partial charge in [-0.2, -0.15) is 5.10 Å². The van der Waals surface area contributed by atoms with Crippen molar-refractivity contribution in [3.63, 3.8) is 0 Å². The van der Waals surface area contributed by atoms with Gasteiger partial charge in [0.15, 0.2) is 5.69 Å². The van der Waals surface area contributed by atoms with Crippen LogP contribution in [-0.2, 0) is 22.6 Å². The second-order valence-electron chi connectivity index (χ2n) is 10.8. The molecule has 0 unspecified atom stereocenters. The number of nitrogens with two attached hydrogens (primary N) is 1. The van der Waals surface area contributed by atoms with Crippen molar-refractivity contribution in [1.82, 2.24) is 24.9 Å². The summed E-state index contributed by atoms with van der Waals surface area (Å²) in [6, 6.07) is 6.50. The van der Waals surface area contributed by atoms with Crippen molar-refractivity contribution in [2.45, 2.75) is 78.9 Å². The molecule has 2 N–H and O–H groups in total. The first-order valence-electron chi connectivity index (χ1n) is 13.2. The molecular formula is C27H36N6O5. The Hall–Kier alpha value is -3.60. The highest BCUT2D eigenvalue weighted by Crippen LogP contribution is 2.28. The number of hydrogen-bond donors (Lipinski definition) is 1. The van der Waals surface area contributed by atoms with Crippen LogP contribution in [0.1, 0.15) is 86.9 Å². The number of rotatable bonds is 8. The summed E-state index contributed by atoms with van der Waals surface area (Å²) < 4.78 is 12.2. The molecule has 0 bridgehead atoms. The zero-order valence-electron chi connectivity index (χ0n) is 22.5. The molecule has 0 saturated heterocycles. The zero-order chi connectivity index (χ0) is 27.4. The third kappa shape index (κ3) is 5.93. The molecule has 11 heteroatoms. The summed E-state index contributed by atoms with van der Waals surface area (Å²) in [5.74, 6) is -1.98. The van der Waals surface area contributed by atoms with E-state index in [4.69, 9.17) is 20.0 Å². The first-order chi connectivity index (χ1) is 18.1. The molecule has 2 aromatic heterocycles. The summed E-state index contributed by atoms with van der Waals surface area (Å²) in [7, 11) is 0. The van der Waals surface area contributed by atoms with E-state index in [9.17, 15) is 14.4 Å². The first kappa shape index (κ1) is 27.4. The summed E-state index contributed by atoms with van der Waals surface area (Å²) >= 11 is 0. The van der Waals surface area contributed by atoms with Crippen molar-refractivity contribution in [3.05, 3.63) is 41.7 Å². The molecule has 3 aromatic rings. The third-order valence-corrected chi connectivity index (χ3v) is 6.94. The fourth-order valence-corrected chi connectivity index (χ4v) is 4.68. The molecule has 0 spiro atoms.